The van der Waals surface area contributed by atoms with Crippen molar-refractivity contribution in [3.63, 3.8) is 0 Å². The molecule has 0 radical (unpaired) electrons. The quantitative estimate of drug-likeness (QED) is 0.745. The summed E-state index contributed by atoms with van der Waals surface area (Å²) in [5.74, 6) is 1.65. The first-order valence-corrected chi connectivity index (χ1v) is 8.59. The van der Waals surface area contributed by atoms with Crippen molar-refractivity contribution in [3.05, 3.63) is 35.4 Å². The summed E-state index contributed by atoms with van der Waals surface area (Å²) in [6.07, 6.45) is 5.38. The third-order valence-corrected chi connectivity index (χ3v) is 4.89. The maximum Gasteiger partial charge on any atom is 0.0723 e. The van der Waals surface area contributed by atoms with Gasteiger partial charge in [-0.15, -0.1) is 0 Å². The Hall–Kier alpha value is -0.860. The highest BCUT2D eigenvalue weighted by atomic mass is 16.5. The van der Waals surface area contributed by atoms with Gasteiger partial charge in [-0.25, -0.2) is 0 Å². The molecule has 3 unspecified atom stereocenters. The molecule has 1 N–H and O–H groups in total. The van der Waals surface area contributed by atoms with Crippen LogP contribution in [0.3, 0.4) is 0 Å². The average molecular weight is 289 g/mol. The molecule has 2 heteroatoms. The van der Waals surface area contributed by atoms with Gasteiger partial charge in [0.15, 0.2) is 0 Å². The summed E-state index contributed by atoms with van der Waals surface area (Å²) in [5, 5.41) is 3.49. The van der Waals surface area contributed by atoms with Crippen LogP contribution in [0.2, 0.25) is 0 Å². The zero-order valence-corrected chi connectivity index (χ0v) is 13.9. The van der Waals surface area contributed by atoms with Crippen LogP contribution in [0.4, 0.5) is 0 Å². The number of benzene rings is 1. The van der Waals surface area contributed by atoms with Crippen LogP contribution in [-0.4, -0.2) is 12.6 Å². The first-order chi connectivity index (χ1) is 10.2. The summed E-state index contributed by atoms with van der Waals surface area (Å²) in [6.45, 7) is 9.72. The minimum Gasteiger partial charge on any atom is -0.374 e. The first-order valence-electron chi connectivity index (χ1n) is 8.59. The second kappa shape index (κ2) is 8.55. The van der Waals surface area contributed by atoms with E-state index in [0.717, 1.165) is 31.5 Å². The fourth-order valence-corrected chi connectivity index (χ4v) is 3.13. The molecular weight excluding hydrogens is 258 g/mol. The Morgan fingerprint density at radius 1 is 1.10 bits per heavy atom. The van der Waals surface area contributed by atoms with Gasteiger partial charge < -0.3 is 10.1 Å². The van der Waals surface area contributed by atoms with Crippen molar-refractivity contribution >= 4 is 0 Å². The molecule has 2 rings (SSSR count). The lowest BCUT2D eigenvalue weighted by Gasteiger charge is -2.32. The lowest BCUT2D eigenvalue weighted by atomic mass is 9.80. The molecule has 1 aromatic carbocycles. The van der Waals surface area contributed by atoms with Crippen LogP contribution in [0.5, 0.6) is 0 Å². The highest BCUT2D eigenvalue weighted by molar-refractivity contribution is 5.26. The maximum absolute atomic E-state index is 6.21. The van der Waals surface area contributed by atoms with E-state index < -0.39 is 0 Å². The number of hydrogen-bond donors (Lipinski definition) is 1. The van der Waals surface area contributed by atoms with Gasteiger partial charge in [0.05, 0.1) is 12.7 Å². The van der Waals surface area contributed by atoms with Gasteiger partial charge in [-0.2, -0.15) is 0 Å². The summed E-state index contributed by atoms with van der Waals surface area (Å²) in [6, 6.07) is 8.66. The van der Waals surface area contributed by atoms with Gasteiger partial charge in [0.25, 0.3) is 0 Å². The smallest absolute Gasteiger partial charge is 0.0723 e. The molecule has 0 aliphatic heterocycles. The van der Waals surface area contributed by atoms with E-state index in [-0.39, 0.29) is 0 Å². The number of rotatable bonds is 7. The molecule has 0 aromatic heterocycles. The Labute approximate surface area is 130 Å². The molecule has 1 saturated carbocycles. The molecular formula is C19H31NO. The fraction of sp³-hybridized carbons (Fsp3) is 0.684. The van der Waals surface area contributed by atoms with E-state index in [1.165, 1.54) is 36.8 Å². The van der Waals surface area contributed by atoms with Crippen molar-refractivity contribution in [1.82, 2.24) is 5.32 Å². The van der Waals surface area contributed by atoms with Gasteiger partial charge in [-0.3, -0.25) is 0 Å². The van der Waals surface area contributed by atoms with E-state index >= 15 is 0 Å². The van der Waals surface area contributed by atoms with Gasteiger partial charge in [0.2, 0.25) is 0 Å². The van der Waals surface area contributed by atoms with Crippen molar-refractivity contribution in [2.75, 3.05) is 6.54 Å². The molecule has 0 bridgehead atoms. The molecule has 1 aromatic rings. The highest BCUT2D eigenvalue weighted by Crippen LogP contribution is 2.31. The summed E-state index contributed by atoms with van der Waals surface area (Å²) in [4.78, 5) is 0. The average Bonchev–Trinajstić information content (AvgIpc) is 2.50. The third kappa shape index (κ3) is 5.12. The lowest BCUT2D eigenvalue weighted by Crippen LogP contribution is -2.26. The normalized spacial score (nSPS) is 26.0. The Morgan fingerprint density at radius 2 is 1.86 bits per heavy atom. The second-order valence-corrected chi connectivity index (χ2v) is 6.65. The van der Waals surface area contributed by atoms with Crippen LogP contribution in [0.25, 0.3) is 0 Å². The second-order valence-electron chi connectivity index (χ2n) is 6.65. The largest absolute Gasteiger partial charge is 0.374 e. The molecule has 1 aliphatic rings. The molecule has 21 heavy (non-hydrogen) atoms. The minimum atomic E-state index is 0.452. The Kier molecular flexibility index (Phi) is 6.72. The van der Waals surface area contributed by atoms with E-state index in [2.05, 4.69) is 50.4 Å². The third-order valence-electron chi connectivity index (χ3n) is 4.89. The topological polar surface area (TPSA) is 21.3 Å². The monoisotopic (exact) mass is 289 g/mol. The van der Waals surface area contributed by atoms with Crippen molar-refractivity contribution < 1.29 is 4.74 Å². The van der Waals surface area contributed by atoms with E-state index in [4.69, 9.17) is 4.74 Å². The van der Waals surface area contributed by atoms with E-state index in [1.807, 2.05) is 0 Å². The molecule has 0 spiro atoms. The van der Waals surface area contributed by atoms with E-state index in [0.29, 0.717) is 6.10 Å². The van der Waals surface area contributed by atoms with Crippen molar-refractivity contribution in [1.29, 1.82) is 0 Å². The number of nitrogens with one attached hydrogen (secondary N) is 1. The van der Waals surface area contributed by atoms with Gasteiger partial charge >= 0.3 is 0 Å². The van der Waals surface area contributed by atoms with Gasteiger partial charge in [0, 0.05) is 6.54 Å². The highest BCUT2D eigenvalue weighted by Gasteiger charge is 2.25. The molecule has 1 fully saturated rings. The first kappa shape index (κ1) is 16.5. The summed E-state index contributed by atoms with van der Waals surface area (Å²) >= 11 is 0. The Balaban J connectivity index is 1.85. The summed E-state index contributed by atoms with van der Waals surface area (Å²) in [7, 11) is 0. The summed E-state index contributed by atoms with van der Waals surface area (Å²) in [5.41, 5.74) is 2.72. The minimum absolute atomic E-state index is 0.452. The fourth-order valence-electron chi connectivity index (χ4n) is 3.13. The Bertz CT molecular complexity index is 418. The van der Waals surface area contributed by atoms with E-state index in [9.17, 15) is 0 Å². The summed E-state index contributed by atoms with van der Waals surface area (Å²) < 4.78 is 6.21. The van der Waals surface area contributed by atoms with Crippen LogP contribution < -0.4 is 5.32 Å². The molecule has 118 valence electrons. The van der Waals surface area contributed by atoms with Crippen LogP contribution in [-0.2, 0) is 17.9 Å². The number of ether oxygens (including phenoxy) is 1. The molecule has 0 saturated heterocycles. The van der Waals surface area contributed by atoms with E-state index in [1.54, 1.807) is 0 Å². The van der Waals surface area contributed by atoms with Gasteiger partial charge in [0.1, 0.15) is 0 Å². The van der Waals surface area contributed by atoms with Crippen molar-refractivity contribution in [3.8, 4) is 0 Å². The van der Waals surface area contributed by atoms with Crippen LogP contribution >= 0.6 is 0 Å². The maximum atomic E-state index is 6.21. The predicted molar refractivity (Wildman–Crippen MR) is 89.2 cm³/mol. The Morgan fingerprint density at radius 3 is 2.57 bits per heavy atom. The van der Waals surface area contributed by atoms with Crippen molar-refractivity contribution in [2.24, 2.45) is 11.8 Å². The molecule has 2 nitrogen and oxygen atoms in total. The zero-order valence-electron chi connectivity index (χ0n) is 13.9. The lowest BCUT2D eigenvalue weighted by molar-refractivity contribution is -0.00772. The molecule has 0 heterocycles. The molecule has 0 amide bonds. The SMILES string of the molecule is CCCNCc1ccccc1COC1CCC(C)C(C)C1. The van der Waals surface area contributed by atoms with Crippen LogP contribution in [0, 0.1) is 11.8 Å². The molecule has 1 aliphatic carbocycles. The van der Waals surface area contributed by atoms with Crippen molar-refractivity contribution in [2.45, 2.75) is 65.7 Å². The zero-order chi connectivity index (χ0) is 15.1. The van der Waals surface area contributed by atoms with Gasteiger partial charge in [-0.1, -0.05) is 45.0 Å². The van der Waals surface area contributed by atoms with Gasteiger partial charge in [-0.05, 0) is 55.2 Å². The predicted octanol–water partition coefficient (Wildman–Crippen LogP) is 4.53. The van der Waals surface area contributed by atoms with Crippen LogP contribution in [0.15, 0.2) is 24.3 Å². The number of hydrogen-bond acceptors (Lipinski definition) is 2. The standard InChI is InChI=1S/C19H31NO/c1-4-11-20-13-17-7-5-6-8-18(17)14-21-19-10-9-15(2)16(3)12-19/h5-8,15-16,19-20H,4,9-14H2,1-3H3. The molecule has 3 atom stereocenters. The van der Waals surface area contributed by atoms with Crippen LogP contribution in [0.1, 0.15) is 57.6 Å².